The number of hydrogen-bond acceptors (Lipinski definition) is 3. The number of carbonyl (C=O) groups is 1. The van der Waals surface area contributed by atoms with Crippen LogP contribution in [0.2, 0.25) is 0 Å². The van der Waals surface area contributed by atoms with Gasteiger partial charge < -0.3 is 5.11 Å². The summed E-state index contributed by atoms with van der Waals surface area (Å²) < 4.78 is 26.2. The van der Waals surface area contributed by atoms with E-state index in [1.807, 2.05) is 30.3 Å². The predicted octanol–water partition coefficient (Wildman–Crippen LogP) is 2.88. The quantitative estimate of drug-likeness (QED) is 0.851. The van der Waals surface area contributed by atoms with Crippen molar-refractivity contribution in [3.05, 3.63) is 59.7 Å². The van der Waals surface area contributed by atoms with Crippen molar-refractivity contribution in [1.82, 2.24) is 4.72 Å². The summed E-state index contributed by atoms with van der Waals surface area (Å²) in [6, 6.07) is 14.2. The first-order valence-electron chi connectivity index (χ1n) is 7.22. The molecule has 0 atom stereocenters. The lowest BCUT2D eigenvalue weighted by atomic mass is 9.95. The van der Waals surface area contributed by atoms with Crippen LogP contribution in [0.1, 0.15) is 29.8 Å². The summed E-state index contributed by atoms with van der Waals surface area (Å²) in [5, 5.41) is 8.99. The fourth-order valence-electron chi connectivity index (χ4n) is 2.20. The maximum Gasteiger partial charge on any atom is 0.336 e. The summed E-state index contributed by atoms with van der Waals surface area (Å²) in [6.07, 6.45) is 0. The molecule has 23 heavy (non-hydrogen) atoms. The molecule has 2 aromatic carbocycles. The molecule has 0 aromatic heterocycles. The Morgan fingerprint density at radius 1 is 1.09 bits per heavy atom. The highest BCUT2D eigenvalue weighted by Crippen LogP contribution is 2.26. The fraction of sp³-hybridized carbons (Fsp3) is 0.235. The highest BCUT2D eigenvalue weighted by Gasteiger charge is 2.20. The first kappa shape index (κ1) is 17.2. The van der Waals surface area contributed by atoms with Crippen molar-refractivity contribution >= 4 is 16.0 Å². The molecule has 0 aliphatic heterocycles. The maximum absolute atomic E-state index is 11.9. The Morgan fingerprint density at radius 3 is 2.30 bits per heavy atom. The average molecular weight is 333 g/mol. The Hall–Kier alpha value is -2.18. The van der Waals surface area contributed by atoms with Gasteiger partial charge in [-0.1, -0.05) is 48.5 Å². The van der Waals surface area contributed by atoms with E-state index in [0.29, 0.717) is 11.1 Å². The van der Waals surface area contributed by atoms with Crippen LogP contribution < -0.4 is 4.72 Å². The lowest BCUT2D eigenvalue weighted by molar-refractivity contribution is 0.0696. The molecular formula is C17H19NO4S. The smallest absolute Gasteiger partial charge is 0.336 e. The third kappa shape index (κ3) is 3.97. The van der Waals surface area contributed by atoms with E-state index in [1.165, 1.54) is 0 Å². The summed E-state index contributed by atoms with van der Waals surface area (Å²) in [5.74, 6) is -1.08. The van der Waals surface area contributed by atoms with Crippen LogP contribution in [0, 0.1) is 0 Å². The van der Waals surface area contributed by atoms with Crippen molar-refractivity contribution in [3.8, 4) is 11.1 Å². The van der Waals surface area contributed by atoms with E-state index in [9.17, 15) is 18.3 Å². The van der Waals surface area contributed by atoms with Crippen molar-refractivity contribution in [2.75, 3.05) is 0 Å². The topological polar surface area (TPSA) is 83.5 Å². The SMILES string of the molecule is CC(C)S(=O)(=O)NCc1cccc(-c2ccccc2)c1C(=O)O. The van der Waals surface area contributed by atoms with Crippen molar-refractivity contribution in [3.63, 3.8) is 0 Å². The summed E-state index contributed by atoms with van der Waals surface area (Å²) in [4.78, 5) is 11.7. The van der Waals surface area contributed by atoms with Crippen LogP contribution in [0.15, 0.2) is 48.5 Å². The molecule has 0 fully saturated rings. The van der Waals surface area contributed by atoms with E-state index in [1.54, 1.807) is 32.0 Å². The van der Waals surface area contributed by atoms with E-state index in [2.05, 4.69) is 4.72 Å². The highest BCUT2D eigenvalue weighted by molar-refractivity contribution is 7.90. The Bertz CT molecular complexity index is 799. The maximum atomic E-state index is 11.9. The van der Waals surface area contributed by atoms with Gasteiger partial charge in [-0.3, -0.25) is 0 Å². The van der Waals surface area contributed by atoms with Crippen molar-refractivity contribution in [2.45, 2.75) is 25.6 Å². The Kier molecular flexibility index (Phi) is 5.18. The lowest BCUT2D eigenvalue weighted by Crippen LogP contribution is -2.30. The zero-order valence-electron chi connectivity index (χ0n) is 13.0. The molecule has 0 aliphatic rings. The van der Waals surface area contributed by atoms with E-state index in [4.69, 9.17) is 0 Å². The Morgan fingerprint density at radius 2 is 1.74 bits per heavy atom. The number of benzene rings is 2. The fourth-order valence-corrected chi connectivity index (χ4v) is 2.89. The molecule has 0 spiro atoms. The molecule has 2 N–H and O–H groups in total. The minimum atomic E-state index is -3.46. The molecule has 2 rings (SSSR count). The number of sulfonamides is 1. The third-order valence-corrected chi connectivity index (χ3v) is 5.32. The minimum absolute atomic E-state index is 0.0528. The van der Waals surface area contributed by atoms with E-state index in [-0.39, 0.29) is 12.1 Å². The van der Waals surface area contributed by atoms with Crippen molar-refractivity contribution in [1.29, 1.82) is 0 Å². The Labute approximate surface area is 136 Å². The van der Waals surface area contributed by atoms with Gasteiger partial charge in [0.2, 0.25) is 10.0 Å². The standard InChI is InChI=1S/C17H19NO4S/c1-12(2)23(21,22)18-11-14-9-6-10-15(16(14)17(19)20)13-7-4-3-5-8-13/h3-10,12,18H,11H2,1-2H3,(H,19,20). The van der Waals surface area contributed by atoms with Gasteiger partial charge >= 0.3 is 5.97 Å². The second kappa shape index (κ2) is 6.93. The van der Waals surface area contributed by atoms with Gasteiger partial charge in [0.05, 0.1) is 10.8 Å². The molecule has 122 valence electrons. The zero-order chi connectivity index (χ0) is 17.0. The number of carboxylic acid groups (broad SMARTS) is 1. The van der Waals surface area contributed by atoms with Crippen LogP contribution in [0.4, 0.5) is 0 Å². The second-order valence-corrected chi connectivity index (χ2v) is 7.75. The molecule has 0 amide bonds. The van der Waals surface area contributed by atoms with Gasteiger partial charge in [-0.05, 0) is 30.5 Å². The highest BCUT2D eigenvalue weighted by atomic mass is 32.2. The molecule has 0 unspecified atom stereocenters. The number of aromatic carboxylic acids is 1. The molecule has 0 saturated carbocycles. The zero-order valence-corrected chi connectivity index (χ0v) is 13.8. The first-order valence-corrected chi connectivity index (χ1v) is 8.76. The number of carboxylic acids is 1. The number of rotatable bonds is 6. The van der Waals surface area contributed by atoms with Gasteiger partial charge in [0.25, 0.3) is 0 Å². The second-order valence-electron chi connectivity index (χ2n) is 5.43. The molecular weight excluding hydrogens is 314 g/mol. The van der Waals surface area contributed by atoms with Gasteiger partial charge in [0.15, 0.2) is 0 Å². The van der Waals surface area contributed by atoms with Crippen LogP contribution in [-0.2, 0) is 16.6 Å². The average Bonchev–Trinajstić information content (AvgIpc) is 2.53. The van der Waals surface area contributed by atoms with Crippen molar-refractivity contribution in [2.24, 2.45) is 0 Å². The molecule has 0 aliphatic carbocycles. The molecule has 5 nitrogen and oxygen atoms in total. The first-order chi connectivity index (χ1) is 10.8. The van der Waals surface area contributed by atoms with E-state index < -0.39 is 21.2 Å². The summed E-state index contributed by atoms with van der Waals surface area (Å²) in [5.41, 5.74) is 1.89. The van der Waals surface area contributed by atoms with E-state index in [0.717, 1.165) is 5.56 Å². The summed E-state index contributed by atoms with van der Waals surface area (Å²) in [7, 11) is -3.46. The summed E-state index contributed by atoms with van der Waals surface area (Å²) in [6.45, 7) is 3.09. The molecule has 2 aromatic rings. The van der Waals surface area contributed by atoms with Gasteiger partial charge in [-0.25, -0.2) is 17.9 Å². The van der Waals surface area contributed by atoms with Crippen LogP contribution >= 0.6 is 0 Å². The largest absolute Gasteiger partial charge is 0.478 e. The lowest BCUT2D eigenvalue weighted by Gasteiger charge is -2.14. The van der Waals surface area contributed by atoms with Gasteiger partial charge in [-0.2, -0.15) is 0 Å². The van der Waals surface area contributed by atoms with Crippen molar-refractivity contribution < 1.29 is 18.3 Å². The molecule has 0 saturated heterocycles. The van der Waals surface area contributed by atoms with Crippen LogP contribution in [0.3, 0.4) is 0 Å². The normalized spacial score (nSPS) is 11.6. The minimum Gasteiger partial charge on any atom is -0.478 e. The number of hydrogen-bond donors (Lipinski definition) is 2. The monoisotopic (exact) mass is 333 g/mol. The van der Waals surface area contributed by atoms with Gasteiger partial charge in [0.1, 0.15) is 0 Å². The molecule has 0 bridgehead atoms. The van der Waals surface area contributed by atoms with Crippen LogP contribution in [-0.4, -0.2) is 24.7 Å². The van der Waals surface area contributed by atoms with Gasteiger partial charge in [-0.15, -0.1) is 0 Å². The van der Waals surface area contributed by atoms with E-state index >= 15 is 0 Å². The van der Waals surface area contributed by atoms with Gasteiger partial charge in [0, 0.05) is 6.54 Å². The molecule has 0 heterocycles. The van der Waals surface area contributed by atoms with Crippen LogP contribution in [0.25, 0.3) is 11.1 Å². The number of nitrogens with one attached hydrogen (secondary N) is 1. The molecule has 0 radical (unpaired) electrons. The summed E-state index contributed by atoms with van der Waals surface area (Å²) >= 11 is 0. The third-order valence-electron chi connectivity index (χ3n) is 3.53. The molecule has 6 heteroatoms. The Balaban J connectivity index is 2.44. The van der Waals surface area contributed by atoms with Crippen LogP contribution in [0.5, 0.6) is 0 Å². The predicted molar refractivity (Wildman–Crippen MR) is 89.7 cm³/mol.